The number of carboxylic acid groups (broad SMARTS) is 1. The monoisotopic (exact) mass is 446 g/mol. The van der Waals surface area contributed by atoms with Crippen LogP contribution in [-0.4, -0.2) is 67.3 Å². The molecule has 0 saturated carbocycles. The van der Waals surface area contributed by atoms with E-state index >= 15 is 0 Å². The summed E-state index contributed by atoms with van der Waals surface area (Å²) in [5.74, 6) is -3.42. The van der Waals surface area contributed by atoms with E-state index in [1.807, 2.05) is 0 Å². The lowest BCUT2D eigenvalue weighted by molar-refractivity contribution is -0.271. The largest absolute Gasteiger partial charge is 0.507 e. The van der Waals surface area contributed by atoms with Gasteiger partial charge in [0.2, 0.25) is 12.0 Å². The van der Waals surface area contributed by atoms with Crippen LogP contribution in [-0.2, 0) is 9.53 Å². The maximum atomic E-state index is 12.5. The average molecular weight is 446 g/mol. The molecule has 168 valence electrons. The molecule has 11 nitrogen and oxygen atoms in total. The summed E-state index contributed by atoms with van der Waals surface area (Å²) >= 11 is 0. The van der Waals surface area contributed by atoms with E-state index in [2.05, 4.69) is 0 Å². The highest BCUT2D eigenvalue weighted by molar-refractivity contribution is 5.91. The minimum absolute atomic E-state index is 0.0911. The van der Waals surface area contributed by atoms with E-state index in [1.165, 1.54) is 0 Å². The van der Waals surface area contributed by atoms with Crippen molar-refractivity contribution in [2.24, 2.45) is 0 Å². The number of hydrogen-bond acceptors (Lipinski definition) is 10. The Balaban J connectivity index is 1.77. The van der Waals surface area contributed by atoms with Crippen LogP contribution in [0.3, 0.4) is 0 Å². The number of rotatable bonds is 4. The normalized spacial score (nSPS) is 25.5. The molecule has 32 heavy (non-hydrogen) atoms. The van der Waals surface area contributed by atoms with E-state index in [9.17, 15) is 35.1 Å². The van der Waals surface area contributed by atoms with Crippen LogP contribution in [0.5, 0.6) is 17.2 Å². The zero-order chi connectivity index (χ0) is 23.2. The second kappa shape index (κ2) is 8.13. The summed E-state index contributed by atoms with van der Waals surface area (Å²) in [6.45, 7) is 0. The Bertz CT molecular complexity index is 1220. The maximum Gasteiger partial charge on any atom is 0.335 e. The number of aliphatic hydroxyl groups is 3. The van der Waals surface area contributed by atoms with Gasteiger partial charge in [0, 0.05) is 17.7 Å². The number of carbonyl (C=O) groups is 1. The molecule has 1 saturated heterocycles. The molecule has 6 N–H and O–H groups in total. The van der Waals surface area contributed by atoms with Crippen molar-refractivity contribution in [3.05, 3.63) is 52.7 Å². The molecule has 4 rings (SSSR count). The molecule has 0 spiro atoms. The fourth-order valence-corrected chi connectivity index (χ4v) is 3.39. The minimum atomic E-state index is -1.94. The van der Waals surface area contributed by atoms with Crippen molar-refractivity contribution in [2.75, 3.05) is 0 Å². The second-order valence-electron chi connectivity index (χ2n) is 7.14. The SMILES string of the molecule is O=C(O)[C@H]1O[C@@H](Oc2cc(O)c3c(=O)cc(-c4ccccc4)oc3c2O)[C@H](O)[C@H](O)[C@H]1O. The predicted molar refractivity (Wildman–Crippen MR) is 106 cm³/mol. The number of aliphatic hydroxyl groups excluding tert-OH is 3. The number of aromatic hydroxyl groups is 2. The third-order valence-corrected chi connectivity index (χ3v) is 5.03. The summed E-state index contributed by atoms with van der Waals surface area (Å²) < 4.78 is 15.9. The lowest BCUT2D eigenvalue weighted by Gasteiger charge is -2.38. The minimum Gasteiger partial charge on any atom is -0.507 e. The van der Waals surface area contributed by atoms with Gasteiger partial charge < -0.3 is 44.5 Å². The smallest absolute Gasteiger partial charge is 0.335 e. The Hall–Kier alpha value is -3.64. The number of hydrogen-bond donors (Lipinski definition) is 6. The summed E-state index contributed by atoms with van der Waals surface area (Å²) in [7, 11) is 0. The van der Waals surface area contributed by atoms with Gasteiger partial charge in [-0.2, -0.15) is 0 Å². The molecule has 2 heterocycles. The van der Waals surface area contributed by atoms with Crippen LogP contribution in [0.15, 0.2) is 51.7 Å². The maximum absolute atomic E-state index is 12.5. The number of ether oxygens (including phenoxy) is 2. The van der Waals surface area contributed by atoms with Gasteiger partial charge in [-0.3, -0.25) is 4.79 Å². The van der Waals surface area contributed by atoms with Crippen molar-refractivity contribution in [1.29, 1.82) is 0 Å². The number of phenols is 2. The standard InChI is InChI=1S/C21H18O11/c22-9-6-11(8-4-2-1-3-5-8)30-18-13(9)10(23)7-12(14(18)24)31-21-17(27)15(25)16(26)19(32-21)20(28)29/h1-7,15-17,19,21,23-27H,(H,28,29)/t15-,16-,17-,19+,21-/m1/s1. The first-order valence-electron chi connectivity index (χ1n) is 9.36. The van der Waals surface area contributed by atoms with Crippen LogP contribution in [0.25, 0.3) is 22.3 Å². The van der Waals surface area contributed by atoms with Crippen molar-refractivity contribution < 1.29 is 49.3 Å². The Kier molecular flexibility index (Phi) is 5.48. The van der Waals surface area contributed by atoms with Gasteiger partial charge in [0.15, 0.2) is 22.9 Å². The van der Waals surface area contributed by atoms with Crippen LogP contribution in [0.1, 0.15) is 0 Å². The van der Waals surface area contributed by atoms with Crippen LogP contribution in [0, 0.1) is 0 Å². The lowest BCUT2D eigenvalue weighted by atomic mass is 9.99. The van der Waals surface area contributed by atoms with Gasteiger partial charge >= 0.3 is 5.97 Å². The van der Waals surface area contributed by atoms with Gasteiger partial charge in [-0.1, -0.05) is 30.3 Å². The van der Waals surface area contributed by atoms with Crippen LogP contribution in [0.4, 0.5) is 0 Å². The van der Waals surface area contributed by atoms with Gasteiger partial charge in [0.05, 0.1) is 0 Å². The van der Waals surface area contributed by atoms with Gasteiger partial charge in [-0.25, -0.2) is 4.79 Å². The van der Waals surface area contributed by atoms with E-state index in [1.54, 1.807) is 30.3 Å². The summed E-state index contributed by atoms with van der Waals surface area (Å²) in [4.78, 5) is 23.8. The van der Waals surface area contributed by atoms with Gasteiger partial charge in [0.1, 0.15) is 35.2 Å². The molecule has 0 unspecified atom stereocenters. The first kappa shape index (κ1) is 21.6. The van der Waals surface area contributed by atoms with Crippen molar-refractivity contribution in [1.82, 2.24) is 0 Å². The molecule has 1 aromatic heterocycles. The van der Waals surface area contributed by atoms with E-state index in [-0.39, 0.29) is 11.1 Å². The first-order chi connectivity index (χ1) is 15.2. The molecule has 0 bridgehead atoms. The Morgan fingerprint density at radius 3 is 2.31 bits per heavy atom. The molecule has 1 aliphatic heterocycles. The molecular weight excluding hydrogens is 428 g/mol. The molecular formula is C21H18O11. The Morgan fingerprint density at radius 1 is 0.969 bits per heavy atom. The summed E-state index contributed by atoms with van der Waals surface area (Å²) in [5.41, 5.74) is -0.556. The molecule has 3 aromatic rings. The highest BCUT2D eigenvalue weighted by atomic mass is 16.7. The fourth-order valence-electron chi connectivity index (χ4n) is 3.39. The molecule has 1 aliphatic rings. The number of carboxylic acids is 1. The quantitative estimate of drug-likeness (QED) is 0.299. The Morgan fingerprint density at radius 2 is 1.66 bits per heavy atom. The van der Waals surface area contributed by atoms with Gasteiger partial charge in [0.25, 0.3) is 0 Å². The third-order valence-electron chi connectivity index (χ3n) is 5.03. The van der Waals surface area contributed by atoms with Crippen molar-refractivity contribution in [3.63, 3.8) is 0 Å². The summed E-state index contributed by atoms with van der Waals surface area (Å²) in [5, 5.41) is 59.5. The van der Waals surface area contributed by atoms with Gasteiger partial charge in [-0.05, 0) is 0 Å². The van der Waals surface area contributed by atoms with E-state index < -0.39 is 64.9 Å². The van der Waals surface area contributed by atoms with E-state index in [4.69, 9.17) is 19.0 Å². The number of benzene rings is 2. The first-order valence-corrected chi connectivity index (χ1v) is 9.36. The number of phenolic OH excluding ortho intramolecular Hbond substituents is 2. The number of fused-ring (bicyclic) bond motifs is 1. The summed E-state index contributed by atoms with van der Waals surface area (Å²) in [6.07, 6.45) is -9.56. The molecule has 0 amide bonds. The molecule has 11 heteroatoms. The van der Waals surface area contributed by atoms with Crippen LogP contribution in [0.2, 0.25) is 0 Å². The fraction of sp³-hybridized carbons (Fsp3) is 0.238. The van der Waals surface area contributed by atoms with Crippen LogP contribution < -0.4 is 10.2 Å². The molecule has 5 atom stereocenters. The van der Waals surface area contributed by atoms with Gasteiger partial charge in [-0.15, -0.1) is 0 Å². The third kappa shape index (κ3) is 3.63. The molecule has 2 aromatic carbocycles. The van der Waals surface area contributed by atoms with Crippen LogP contribution >= 0.6 is 0 Å². The lowest BCUT2D eigenvalue weighted by Crippen LogP contribution is -2.61. The van der Waals surface area contributed by atoms with Crippen molar-refractivity contribution in [3.8, 4) is 28.6 Å². The van der Waals surface area contributed by atoms with Crippen molar-refractivity contribution >= 4 is 16.9 Å². The number of aliphatic carboxylic acids is 1. The average Bonchev–Trinajstić information content (AvgIpc) is 2.77. The predicted octanol–water partition coefficient (Wildman–Crippen LogP) is 0.142. The van der Waals surface area contributed by atoms with E-state index in [0.29, 0.717) is 5.56 Å². The molecule has 0 aliphatic carbocycles. The molecule has 1 fully saturated rings. The summed E-state index contributed by atoms with van der Waals surface area (Å²) in [6, 6.07) is 10.5. The zero-order valence-electron chi connectivity index (χ0n) is 16.2. The van der Waals surface area contributed by atoms with Crippen molar-refractivity contribution in [2.45, 2.75) is 30.7 Å². The topological polar surface area (TPSA) is 187 Å². The second-order valence-corrected chi connectivity index (χ2v) is 7.14. The van der Waals surface area contributed by atoms with E-state index in [0.717, 1.165) is 12.1 Å². The highest BCUT2D eigenvalue weighted by Crippen LogP contribution is 2.41. The highest BCUT2D eigenvalue weighted by Gasteiger charge is 2.48. The zero-order valence-corrected chi connectivity index (χ0v) is 16.2. The molecule has 0 radical (unpaired) electrons. The Labute approximate surface area is 178 Å².